The van der Waals surface area contributed by atoms with E-state index >= 15 is 0 Å². The van der Waals surface area contributed by atoms with Crippen LogP contribution in [0.15, 0.2) is 48.5 Å². The summed E-state index contributed by atoms with van der Waals surface area (Å²) in [4.78, 5) is 39.1. The minimum Gasteiger partial charge on any atom is -0.465 e. The van der Waals surface area contributed by atoms with Crippen LogP contribution in [0.25, 0.3) is 0 Å². The van der Waals surface area contributed by atoms with Crippen LogP contribution in [-0.4, -0.2) is 58.1 Å². The number of hydrogen-bond donors (Lipinski definition) is 3. The Morgan fingerprint density at radius 2 is 1.55 bits per heavy atom. The third-order valence-corrected chi connectivity index (χ3v) is 5.86. The van der Waals surface area contributed by atoms with Crippen LogP contribution in [0, 0.1) is 0 Å². The van der Waals surface area contributed by atoms with Gasteiger partial charge in [0.2, 0.25) is 5.91 Å². The molecular weight excluding hydrogens is 420 g/mol. The van der Waals surface area contributed by atoms with Crippen molar-refractivity contribution in [1.29, 1.82) is 0 Å². The lowest BCUT2D eigenvalue weighted by molar-refractivity contribution is -0.132. The number of anilines is 1. The average molecular weight is 443 g/mol. The van der Waals surface area contributed by atoms with Crippen molar-refractivity contribution in [2.75, 3.05) is 18.4 Å². The van der Waals surface area contributed by atoms with Crippen LogP contribution >= 0.6 is 11.6 Å². The highest BCUT2D eigenvalue weighted by Crippen LogP contribution is 2.37. The van der Waals surface area contributed by atoms with Crippen molar-refractivity contribution in [3.63, 3.8) is 0 Å². The van der Waals surface area contributed by atoms with Gasteiger partial charge in [-0.25, -0.2) is 9.59 Å². The molecule has 2 aliphatic rings. The van der Waals surface area contributed by atoms with E-state index in [4.69, 9.17) is 16.7 Å². The minimum absolute atomic E-state index is 0.000967. The van der Waals surface area contributed by atoms with E-state index in [-0.39, 0.29) is 30.4 Å². The maximum Gasteiger partial charge on any atom is 0.407 e. The zero-order valence-corrected chi connectivity index (χ0v) is 17.5. The number of carbonyl (C=O) groups excluding carboxylic acids is 2. The molecule has 1 saturated carbocycles. The molecular formula is C22H23ClN4O4. The first-order chi connectivity index (χ1) is 14.9. The van der Waals surface area contributed by atoms with Gasteiger partial charge < -0.3 is 25.5 Å². The van der Waals surface area contributed by atoms with E-state index in [1.807, 2.05) is 24.3 Å². The fourth-order valence-electron chi connectivity index (χ4n) is 3.88. The van der Waals surface area contributed by atoms with Gasteiger partial charge in [-0.2, -0.15) is 0 Å². The van der Waals surface area contributed by atoms with Gasteiger partial charge in [0.1, 0.15) is 0 Å². The molecule has 2 aromatic carbocycles. The SMILES string of the molecule is O=C(NCc1ccc(Cl)cc1)Nc1ccc(CC(=O)N2CCN(C(=O)O)C3CC32)cc1. The van der Waals surface area contributed by atoms with Gasteiger partial charge in [-0.1, -0.05) is 35.9 Å². The number of amides is 4. The minimum atomic E-state index is -0.917. The van der Waals surface area contributed by atoms with Crippen LogP contribution in [0.4, 0.5) is 15.3 Å². The number of urea groups is 1. The zero-order chi connectivity index (χ0) is 22.0. The summed E-state index contributed by atoms with van der Waals surface area (Å²) in [6.45, 7) is 1.17. The number of rotatable bonds is 5. The van der Waals surface area contributed by atoms with E-state index in [0.717, 1.165) is 11.1 Å². The molecule has 0 radical (unpaired) electrons. The molecule has 162 valence electrons. The van der Waals surface area contributed by atoms with Crippen LogP contribution in [0.5, 0.6) is 0 Å². The second kappa shape index (κ2) is 8.85. The standard InChI is InChI=1S/C22H23ClN4O4/c23-16-5-1-15(2-6-16)13-24-21(29)25-17-7-3-14(4-8-17)11-20(28)26-9-10-27(22(30)31)19-12-18(19)26/h1-8,18-19H,9-13H2,(H,30,31)(H2,24,25,29). The monoisotopic (exact) mass is 442 g/mol. The number of carboxylic acid groups (broad SMARTS) is 1. The lowest BCUT2D eigenvalue weighted by atomic mass is 10.1. The third kappa shape index (κ3) is 5.08. The topological polar surface area (TPSA) is 102 Å². The Labute approximate surface area is 184 Å². The smallest absolute Gasteiger partial charge is 0.407 e. The van der Waals surface area contributed by atoms with E-state index in [0.29, 0.717) is 36.8 Å². The summed E-state index contributed by atoms with van der Waals surface area (Å²) in [5.74, 6) is -0.000967. The van der Waals surface area contributed by atoms with Crippen molar-refractivity contribution in [3.05, 3.63) is 64.7 Å². The molecule has 1 aliphatic carbocycles. The fraction of sp³-hybridized carbons (Fsp3) is 0.318. The van der Waals surface area contributed by atoms with Crippen LogP contribution in [0.3, 0.4) is 0 Å². The Balaban J connectivity index is 1.24. The number of halogens is 1. The summed E-state index contributed by atoms with van der Waals surface area (Å²) in [7, 11) is 0. The molecule has 0 bridgehead atoms. The average Bonchev–Trinajstić information content (AvgIpc) is 3.54. The molecule has 3 N–H and O–H groups in total. The van der Waals surface area contributed by atoms with Crippen molar-refractivity contribution in [2.45, 2.75) is 31.5 Å². The molecule has 0 spiro atoms. The van der Waals surface area contributed by atoms with Crippen LogP contribution in [0.1, 0.15) is 17.5 Å². The Hall–Kier alpha value is -3.26. The Morgan fingerprint density at radius 1 is 0.935 bits per heavy atom. The first-order valence-corrected chi connectivity index (χ1v) is 10.5. The van der Waals surface area contributed by atoms with Gasteiger partial charge in [0, 0.05) is 30.3 Å². The summed E-state index contributed by atoms with van der Waals surface area (Å²) >= 11 is 5.85. The van der Waals surface area contributed by atoms with Crippen LogP contribution in [-0.2, 0) is 17.8 Å². The number of benzene rings is 2. The van der Waals surface area contributed by atoms with Gasteiger partial charge in [0.15, 0.2) is 0 Å². The molecule has 1 heterocycles. The van der Waals surface area contributed by atoms with Gasteiger partial charge in [0.25, 0.3) is 0 Å². The maximum absolute atomic E-state index is 12.7. The van der Waals surface area contributed by atoms with Gasteiger partial charge in [-0.3, -0.25) is 4.79 Å². The highest BCUT2D eigenvalue weighted by atomic mass is 35.5. The Morgan fingerprint density at radius 3 is 2.23 bits per heavy atom. The molecule has 2 unspecified atom stereocenters. The van der Waals surface area contributed by atoms with E-state index in [1.165, 1.54) is 4.90 Å². The van der Waals surface area contributed by atoms with Crippen molar-refractivity contribution < 1.29 is 19.5 Å². The second-order valence-electron chi connectivity index (χ2n) is 7.74. The third-order valence-electron chi connectivity index (χ3n) is 5.61. The molecule has 1 aliphatic heterocycles. The molecule has 1 saturated heterocycles. The first-order valence-electron chi connectivity index (χ1n) is 10.1. The van der Waals surface area contributed by atoms with E-state index < -0.39 is 6.09 Å². The molecule has 2 aromatic rings. The maximum atomic E-state index is 12.7. The molecule has 4 amide bonds. The Bertz CT molecular complexity index is 980. The molecule has 9 heteroatoms. The normalized spacial score (nSPS) is 19.4. The van der Waals surface area contributed by atoms with Crippen LogP contribution < -0.4 is 10.6 Å². The number of carbonyl (C=O) groups is 3. The number of piperazine rings is 1. The Kier molecular flexibility index (Phi) is 5.99. The zero-order valence-electron chi connectivity index (χ0n) is 16.8. The number of nitrogens with one attached hydrogen (secondary N) is 2. The lowest BCUT2D eigenvalue weighted by Crippen LogP contribution is -2.50. The van der Waals surface area contributed by atoms with E-state index in [1.54, 1.807) is 29.2 Å². The van der Waals surface area contributed by atoms with Gasteiger partial charge in [-0.05, 0) is 41.8 Å². The summed E-state index contributed by atoms with van der Waals surface area (Å²) in [6, 6.07) is 14.0. The van der Waals surface area contributed by atoms with Gasteiger partial charge in [-0.15, -0.1) is 0 Å². The largest absolute Gasteiger partial charge is 0.465 e. The quantitative estimate of drug-likeness (QED) is 0.661. The number of fused-ring (bicyclic) bond motifs is 1. The van der Waals surface area contributed by atoms with E-state index in [9.17, 15) is 14.4 Å². The molecule has 0 aromatic heterocycles. The second-order valence-corrected chi connectivity index (χ2v) is 8.18. The fourth-order valence-corrected chi connectivity index (χ4v) is 4.00. The summed E-state index contributed by atoms with van der Waals surface area (Å²) < 4.78 is 0. The van der Waals surface area contributed by atoms with Crippen molar-refractivity contribution >= 4 is 35.3 Å². The molecule has 2 atom stereocenters. The lowest BCUT2D eigenvalue weighted by Gasteiger charge is -2.32. The predicted octanol–water partition coefficient (Wildman–Crippen LogP) is 3.17. The van der Waals surface area contributed by atoms with Crippen molar-refractivity contribution in [2.24, 2.45) is 0 Å². The molecule has 2 fully saturated rings. The molecule has 8 nitrogen and oxygen atoms in total. The molecule has 31 heavy (non-hydrogen) atoms. The van der Waals surface area contributed by atoms with E-state index in [2.05, 4.69) is 10.6 Å². The number of hydrogen-bond acceptors (Lipinski definition) is 3. The van der Waals surface area contributed by atoms with Crippen LogP contribution in [0.2, 0.25) is 5.02 Å². The highest BCUT2D eigenvalue weighted by Gasteiger charge is 2.52. The summed E-state index contributed by atoms with van der Waals surface area (Å²) in [6.07, 6.45) is 0.0469. The van der Waals surface area contributed by atoms with Crippen molar-refractivity contribution in [3.8, 4) is 0 Å². The summed E-state index contributed by atoms with van der Waals surface area (Å²) in [5, 5.41) is 15.4. The van der Waals surface area contributed by atoms with Gasteiger partial charge >= 0.3 is 12.1 Å². The first kappa shape index (κ1) is 21.0. The van der Waals surface area contributed by atoms with Gasteiger partial charge in [0.05, 0.1) is 18.5 Å². The highest BCUT2D eigenvalue weighted by molar-refractivity contribution is 6.30. The number of nitrogens with zero attached hydrogens (tertiary/aromatic N) is 2. The molecule has 4 rings (SSSR count). The van der Waals surface area contributed by atoms with Crippen molar-refractivity contribution in [1.82, 2.24) is 15.1 Å². The summed E-state index contributed by atoms with van der Waals surface area (Å²) in [5.41, 5.74) is 2.41. The predicted molar refractivity (Wildman–Crippen MR) is 116 cm³/mol.